The molecule has 30 heavy (non-hydrogen) atoms. The lowest BCUT2D eigenvalue weighted by Crippen LogP contribution is -2.58. The zero-order chi connectivity index (χ0) is 22.0. The first-order valence-electron chi connectivity index (χ1n) is 9.44. The molecule has 11 nitrogen and oxygen atoms in total. The third-order valence-electron chi connectivity index (χ3n) is 4.99. The summed E-state index contributed by atoms with van der Waals surface area (Å²) in [5.41, 5.74) is 6.71. The number of phenols is 1. The van der Waals surface area contributed by atoms with Crippen LogP contribution in [-0.2, 0) is 18.3 Å². The molecule has 2 heterocycles. The van der Waals surface area contributed by atoms with Crippen LogP contribution in [0, 0.1) is 0 Å². The molecule has 1 fully saturated rings. The van der Waals surface area contributed by atoms with Crippen LogP contribution in [0.5, 0.6) is 11.5 Å². The van der Waals surface area contributed by atoms with E-state index in [1.54, 1.807) is 17.9 Å². The number of likely N-dealkylation sites (tertiary alicyclic amines) is 1. The van der Waals surface area contributed by atoms with Gasteiger partial charge in [-0.2, -0.15) is 5.10 Å². The Bertz CT molecular complexity index is 899. The summed E-state index contributed by atoms with van der Waals surface area (Å²) in [6, 6.07) is 2.15. The van der Waals surface area contributed by atoms with Gasteiger partial charge in [-0.1, -0.05) is 6.07 Å². The van der Waals surface area contributed by atoms with Crippen molar-refractivity contribution in [3.05, 3.63) is 41.2 Å². The van der Waals surface area contributed by atoms with Gasteiger partial charge in [0, 0.05) is 18.8 Å². The van der Waals surface area contributed by atoms with Gasteiger partial charge in [-0.05, 0) is 24.4 Å². The van der Waals surface area contributed by atoms with Crippen LogP contribution in [0.1, 0.15) is 29.0 Å². The molecule has 1 aliphatic rings. The van der Waals surface area contributed by atoms with Crippen molar-refractivity contribution >= 4 is 13.0 Å². The molecule has 1 atom stereocenters. The minimum Gasteiger partial charge on any atom is -0.507 e. The van der Waals surface area contributed by atoms with E-state index in [0.29, 0.717) is 11.1 Å². The molecule has 0 radical (unpaired) electrons. The molecule has 1 saturated heterocycles. The Kier molecular flexibility index (Phi) is 6.63. The van der Waals surface area contributed by atoms with Gasteiger partial charge in [0.05, 0.1) is 24.8 Å². The first kappa shape index (κ1) is 22.1. The second-order valence-corrected chi connectivity index (χ2v) is 7.29. The van der Waals surface area contributed by atoms with Gasteiger partial charge in [-0.15, -0.1) is 0 Å². The van der Waals surface area contributed by atoms with Crippen LogP contribution in [0.2, 0.25) is 6.32 Å². The highest BCUT2D eigenvalue weighted by molar-refractivity contribution is 6.41. The van der Waals surface area contributed by atoms with Crippen LogP contribution < -0.4 is 10.5 Å². The molecule has 1 aromatic heterocycles. The molecule has 0 saturated carbocycles. The second-order valence-electron chi connectivity index (χ2n) is 7.29. The number of aliphatic hydroxyl groups is 2. The highest BCUT2D eigenvalue weighted by Gasteiger charge is 2.36. The lowest BCUT2D eigenvalue weighted by atomic mass is 9.82. The van der Waals surface area contributed by atoms with Crippen LogP contribution in [0.25, 0.3) is 0 Å². The lowest BCUT2D eigenvalue weighted by molar-refractivity contribution is -0.141. The SMILES string of the molecule is Cn1cc(C(N)C(=O)N2CC(Oc3ccc(CCB(O)O)c(O)c3C(O)O)C2)cn1. The number of nitrogens with two attached hydrogens (primary N) is 1. The maximum Gasteiger partial charge on any atom is 0.451 e. The van der Waals surface area contributed by atoms with Crippen molar-refractivity contribution in [2.45, 2.75) is 31.2 Å². The fourth-order valence-corrected chi connectivity index (χ4v) is 3.29. The minimum atomic E-state index is -1.99. The number of nitrogens with zero attached hydrogens (tertiary/aromatic N) is 3. The average molecular weight is 420 g/mol. The first-order valence-corrected chi connectivity index (χ1v) is 9.44. The quantitative estimate of drug-likeness (QED) is 0.217. The van der Waals surface area contributed by atoms with E-state index in [1.165, 1.54) is 23.2 Å². The van der Waals surface area contributed by atoms with E-state index in [0.717, 1.165) is 0 Å². The molecular weight excluding hydrogens is 395 g/mol. The molecule has 1 unspecified atom stereocenters. The predicted molar refractivity (Wildman–Crippen MR) is 105 cm³/mol. The number of aryl methyl sites for hydroxylation is 2. The summed E-state index contributed by atoms with van der Waals surface area (Å²) in [5.74, 6) is -0.579. The van der Waals surface area contributed by atoms with E-state index < -0.39 is 25.6 Å². The summed E-state index contributed by atoms with van der Waals surface area (Å²) in [6.07, 6.45) is 0.914. The summed E-state index contributed by atoms with van der Waals surface area (Å²) in [6.45, 7) is 0.514. The number of aromatic nitrogens is 2. The number of aromatic hydroxyl groups is 1. The van der Waals surface area contributed by atoms with Crippen LogP contribution in [-0.4, -0.2) is 72.3 Å². The smallest absolute Gasteiger partial charge is 0.451 e. The van der Waals surface area contributed by atoms with E-state index in [9.17, 15) is 20.1 Å². The van der Waals surface area contributed by atoms with Crippen molar-refractivity contribution in [3.63, 3.8) is 0 Å². The molecule has 0 aliphatic carbocycles. The van der Waals surface area contributed by atoms with Crippen molar-refractivity contribution in [2.75, 3.05) is 13.1 Å². The van der Waals surface area contributed by atoms with Gasteiger partial charge in [-0.25, -0.2) is 0 Å². The normalized spacial score (nSPS) is 15.2. The maximum atomic E-state index is 12.5. The highest BCUT2D eigenvalue weighted by atomic mass is 16.5. The summed E-state index contributed by atoms with van der Waals surface area (Å²) >= 11 is 0. The van der Waals surface area contributed by atoms with Crippen molar-refractivity contribution in [2.24, 2.45) is 12.8 Å². The number of ether oxygens (including phenoxy) is 1. The number of amides is 1. The number of hydrogen-bond acceptors (Lipinski definition) is 9. The van der Waals surface area contributed by atoms with Gasteiger partial charge in [0.15, 0.2) is 6.29 Å². The molecule has 1 aromatic carbocycles. The summed E-state index contributed by atoms with van der Waals surface area (Å²) in [4.78, 5) is 14.0. The number of phenolic OH excluding ortho intramolecular Hbond substituents is 1. The largest absolute Gasteiger partial charge is 0.507 e. The number of carbonyl (C=O) groups is 1. The van der Waals surface area contributed by atoms with Crippen LogP contribution in [0.15, 0.2) is 24.5 Å². The number of carbonyl (C=O) groups excluding carboxylic acids is 1. The number of benzene rings is 1. The van der Waals surface area contributed by atoms with Crippen molar-refractivity contribution in [1.29, 1.82) is 0 Å². The standard InChI is InChI=1S/C18H25BN4O7/c1-22-7-11(6-21-22)15(20)17(25)23-8-12(9-23)30-13-3-2-10(4-5-19(28)29)16(24)14(13)18(26)27/h2-3,6-7,12,15,18,24,26-29H,4-5,8-9,20H2,1H3. The molecule has 2 aromatic rings. The van der Waals surface area contributed by atoms with Crippen LogP contribution in [0.3, 0.4) is 0 Å². The Balaban J connectivity index is 1.63. The monoisotopic (exact) mass is 420 g/mol. The van der Waals surface area contributed by atoms with Crippen LogP contribution >= 0.6 is 0 Å². The lowest BCUT2D eigenvalue weighted by Gasteiger charge is -2.40. The van der Waals surface area contributed by atoms with Crippen LogP contribution in [0.4, 0.5) is 0 Å². The maximum absolute atomic E-state index is 12.5. The van der Waals surface area contributed by atoms with Gasteiger partial charge >= 0.3 is 7.12 Å². The van der Waals surface area contributed by atoms with Crippen molar-refractivity contribution in [1.82, 2.24) is 14.7 Å². The van der Waals surface area contributed by atoms with E-state index >= 15 is 0 Å². The molecule has 1 aliphatic heterocycles. The van der Waals surface area contributed by atoms with Crippen molar-refractivity contribution < 1.29 is 34.9 Å². The summed E-state index contributed by atoms with van der Waals surface area (Å²) in [5, 5.41) is 51.6. The topological polar surface area (TPSA) is 175 Å². The molecule has 1 amide bonds. The van der Waals surface area contributed by atoms with Gasteiger partial charge in [0.2, 0.25) is 5.91 Å². The van der Waals surface area contributed by atoms with Gasteiger partial charge < -0.3 is 40.7 Å². The predicted octanol–water partition coefficient (Wildman–Crippen LogP) is -1.59. The van der Waals surface area contributed by atoms with Gasteiger partial charge in [0.25, 0.3) is 0 Å². The number of hydrogen-bond donors (Lipinski definition) is 6. The van der Waals surface area contributed by atoms with Gasteiger partial charge in [-0.3, -0.25) is 9.48 Å². The van der Waals surface area contributed by atoms with E-state index in [4.69, 9.17) is 20.5 Å². The van der Waals surface area contributed by atoms with E-state index in [2.05, 4.69) is 5.10 Å². The fourth-order valence-electron chi connectivity index (χ4n) is 3.29. The van der Waals surface area contributed by atoms with Gasteiger partial charge in [0.1, 0.15) is 23.6 Å². The molecule has 0 bridgehead atoms. The summed E-state index contributed by atoms with van der Waals surface area (Å²) in [7, 11) is 0.188. The first-order chi connectivity index (χ1) is 14.2. The number of rotatable bonds is 8. The van der Waals surface area contributed by atoms with E-state index in [-0.39, 0.29) is 48.8 Å². The Morgan fingerprint density at radius 3 is 2.63 bits per heavy atom. The third kappa shape index (κ3) is 4.74. The molecule has 7 N–H and O–H groups in total. The Hall–Kier alpha value is -2.64. The molecular formula is C18H25BN4O7. The molecule has 0 spiro atoms. The zero-order valence-electron chi connectivity index (χ0n) is 16.4. The Labute approximate surface area is 173 Å². The Morgan fingerprint density at radius 2 is 2.07 bits per heavy atom. The zero-order valence-corrected chi connectivity index (χ0v) is 16.4. The average Bonchev–Trinajstić information content (AvgIpc) is 3.08. The third-order valence-corrected chi connectivity index (χ3v) is 4.99. The molecule has 162 valence electrons. The highest BCUT2D eigenvalue weighted by Crippen LogP contribution is 2.37. The number of aliphatic hydroxyl groups excluding tert-OH is 1. The Morgan fingerprint density at radius 1 is 1.37 bits per heavy atom. The van der Waals surface area contributed by atoms with Crippen molar-refractivity contribution in [3.8, 4) is 11.5 Å². The summed E-state index contributed by atoms with van der Waals surface area (Å²) < 4.78 is 7.30. The minimum absolute atomic E-state index is 0.0222. The van der Waals surface area contributed by atoms with E-state index in [1.807, 2.05) is 0 Å². The molecule has 12 heteroatoms. The fraction of sp³-hybridized carbons (Fsp3) is 0.444. The second kappa shape index (κ2) is 9.02. The molecule has 3 rings (SSSR count).